The first kappa shape index (κ1) is 22.1. The molecule has 2 atom stereocenters. The molecule has 0 radical (unpaired) electrons. The van der Waals surface area contributed by atoms with E-state index in [0.717, 1.165) is 32.0 Å². The van der Waals surface area contributed by atoms with E-state index in [1.165, 1.54) is 18.3 Å². The van der Waals surface area contributed by atoms with Gasteiger partial charge in [0.2, 0.25) is 5.43 Å². The Hall–Kier alpha value is -3.10. The van der Waals surface area contributed by atoms with Gasteiger partial charge >= 0.3 is 5.97 Å². The molecule has 2 aromatic carbocycles. The van der Waals surface area contributed by atoms with Crippen molar-refractivity contribution in [2.24, 2.45) is 5.92 Å². The van der Waals surface area contributed by atoms with E-state index in [4.69, 9.17) is 0 Å². The van der Waals surface area contributed by atoms with E-state index in [2.05, 4.69) is 5.32 Å². The van der Waals surface area contributed by atoms with E-state index < -0.39 is 22.8 Å². The minimum atomic E-state index is -1.38. The van der Waals surface area contributed by atoms with Crippen molar-refractivity contribution in [3.63, 3.8) is 0 Å². The van der Waals surface area contributed by atoms with Crippen LogP contribution in [0.15, 0.2) is 47.4 Å². The number of fused-ring (bicyclic) bond motifs is 2. The summed E-state index contributed by atoms with van der Waals surface area (Å²) in [7, 11) is 0. The number of phenolic OH excluding ortho intramolecular Hbond substituents is 1. The van der Waals surface area contributed by atoms with Gasteiger partial charge in [0, 0.05) is 36.4 Å². The van der Waals surface area contributed by atoms with Gasteiger partial charge in [0.1, 0.15) is 17.1 Å². The number of aromatic hydroxyl groups is 1. The number of benzene rings is 2. The number of carbonyl (C=O) groups is 1. The van der Waals surface area contributed by atoms with Crippen molar-refractivity contribution in [3.05, 3.63) is 64.2 Å². The van der Waals surface area contributed by atoms with Crippen molar-refractivity contribution in [2.75, 3.05) is 24.5 Å². The van der Waals surface area contributed by atoms with Gasteiger partial charge in [0.05, 0.1) is 11.2 Å². The summed E-state index contributed by atoms with van der Waals surface area (Å²) in [5.74, 6) is -1.40. The molecule has 0 spiro atoms. The van der Waals surface area contributed by atoms with Gasteiger partial charge in [-0.3, -0.25) is 4.79 Å². The minimum absolute atomic E-state index is 0. The summed E-state index contributed by atoms with van der Waals surface area (Å²) in [6.45, 7) is 2.38. The van der Waals surface area contributed by atoms with E-state index in [1.807, 2.05) is 4.90 Å². The van der Waals surface area contributed by atoms with Gasteiger partial charge in [-0.1, -0.05) is 0 Å². The molecule has 32 heavy (non-hydrogen) atoms. The van der Waals surface area contributed by atoms with Crippen molar-refractivity contribution >= 4 is 35.0 Å². The highest BCUT2D eigenvalue weighted by molar-refractivity contribution is 5.94. The molecule has 2 aliphatic heterocycles. The van der Waals surface area contributed by atoms with Crippen LogP contribution in [0.5, 0.6) is 5.75 Å². The van der Waals surface area contributed by atoms with Gasteiger partial charge < -0.3 is 25.0 Å². The summed E-state index contributed by atoms with van der Waals surface area (Å²) in [6.07, 6.45) is 3.46. The molecular formula is C23H23ClFN3O4. The normalized spacial score (nSPS) is 20.1. The monoisotopic (exact) mass is 459 g/mol. The summed E-state index contributed by atoms with van der Waals surface area (Å²) in [5, 5.41) is 22.6. The second-order valence-corrected chi connectivity index (χ2v) is 8.25. The highest BCUT2D eigenvalue weighted by Gasteiger charge is 2.35. The lowest BCUT2D eigenvalue weighted by Crippen LogP contribution is -2.40. The van der Waals surface area contributed by atoms with Gasteiger partial charge in [0.25, 0.3) is 0 Å². The van der Waals surface area contributed by atoms with Crippen LogP contribution in [0.3, 0.4) is 0 Å². The maximum Gasteiger partial charge on any atom is 0.341 e. The Labute approximate surface area is 189 Å². The molecule has 0 aliphatic carbocycles. The molecule has 2 unspecified atom stereocenters. The van der Waals surface area contributed by atoms with Crippen LogP contribution in [-0.2, 0) is 0 Å². The van der Waals surface area contributed by atoms with Crippen molar-refractivity contribution in [2.45, 2.75) is 18.9 Å². The molecule has 3 aromatic rings. The van der Waals surface area contributed by atoms with Crippen molar-refractivity contribution in [1.82, 2.24) is 9.88 Å². The first-order chi connectivity index (χ1) is 14.9. The quantitative estimate of drug-likeness (QED) is 0.557. The standard InChI is InChI=1S/C23H22FN3O4.ClH/c24-18-8-16-20(9-21(18)26-10-13-2-1-7-25-19(13)12-26)27(11-17(22(16)29)23(30)31)14-3-5-15(28)6-4-14;/h3-6,8-9,11,13,19,25,28H,1-2,7,10,12H2,(H,30,31);1H. The van der Waals surface area contributed by atoms with Crippen LogP contribution < -0.4 is 15.6 Å². The smallest absolute Gasteiger partial charge is 0.341 e. The Morgan fingerprint density at radius 1 is 1.16 bits per heavy atom. The molecule has 0 saturated carbocycles. The van der Waals surface area contributed by atoms with Gasteiger partial charge in [-0.2, -0.15) is 0 Å². The number of piperidine rings is 1. The zero-order valence-electron chi connectivity index (χ0n) is 17.1. The van der Waals surface area contributed by atoms with Crippen LogP contribution >= 0.6 is 12.4 Å². The summed E-state index contributed by atoms with van der Waals surface area (Å²) in [5.41, 5.74) is 0.210. The second kappa shape index (κ2) is 8.44. The lowest BCUT2D eigenvalue weighted by atomic mass is 9.94. The maximum atomic E-state index is 15.2. The van der Waals surface area contributed by atoms with Crippen LogP contribution in [0.1, 0.15) is 23.2 Å². The van der Waals surface area contributed by atoms with Gasteiger partial charge in [0.15, 0.2) is 0 Å². The van der Waals surface area contributed by atoms with Crippen molar-refractivity contribution in [3.8, 4) is 11.4 Å². The number of rotatable bonds is 3. The lowest BCUT2D eigenvalue weighted by molar-refractivity contribution is 0.0695. The minimum Gasteiger partial charge on any atom is -0.508 e. The maximum absolute atomic E-state index is 15.2. The number of phenols is 1. The third-order valence-corrected chi connectivity index (χ3v) is 6.37. The zero-order chi connectivity index (χ0) is 21.7. The van der Waals surface area contributed by atoms with Gasteiger partial charge in [-0.05, 0) is 61.7 Å². The molecule has 2 saturated heterocycles. The third kappa shape index (κ3) is 3.69. The molecular weight excluding hydrogens is 437 g/mol. The fraction of sp³-hybridized carbons (Fsp3) is 0.304. The fourth-order valence-electron chi connectivity index (χ4n) is 4.80. The number of pyridine rings is 1. The molecule has 3 heterocycles. The third-order valence-electron chi connectivity index (χ3n) is 6.37. The topological polar surface area (TPSA) is 94.8 Å². The van der Waals surface area contributed by atoms with Crippen LogP contribution in [-0.4, -0.2) is 46.4 Å². The average Bonchev–Trinajstić information content (AvgIpc) is 3.18. The highest BCUT2D eigenvalue weighted by Crippen LogP contribution is 2.33. The Kier molecular flexibility index (Phi) is 5.83. The average molecular weight is 460 g/mol. The van der Waals surface area contributed by atoms with Gasteiger partial charge in [-0.25, -0.2) is 9.18 Å². The summed E-state index contributed by atoms with van der Waals surface area (Å²) < 4.78 is 16.7. The largest absolute Gasteiger partial charge is 0.508 e. The number of aromatic carboxylic acids is 1. The molecule has 2 fully saturated rings. The predicted octanol–water partition coefficient (Wildman–Crippen LogP) is 3.14. The van der Waals surface area contributed by atoms with E-state index in [0.29, 0.717) is 35.4 Å². The van der Waals surface area contributed by atoms with Crippen molar-refractivity contribution in [1.29, 1.82) is 0 Å². The van der Waals surface area contributed by atoms with Crippen LogP contribution in [0.2, 0.25) is 0 Å². The lowest BCUT2D eigenvalue weighted by Gasteiger charge is -2.24. The second-order valence-electron chi connectivity index (χ2n) is 8.25. The number of carboxylic acids is 1. The zero-order valence-corrected chi connectivity index (χ0v) is 17.9. The van der Waals surface area contributed by atoms with Gasteiger partial charge in [-0.15, -0.1) is 12.4 Å². The van der Waals surface area contributed by atoms with Crippen LogP contribution in [0, 0.1) is 11.7 Å². The molecule has 7 nitrogen and oxygen atoms in total. The fourth-order valence-corrected chi connectivity index (χ4v) is 4.80. The van der Waals surface area contributed by atoms with Crippen LogP contribution in [0.4, 0.5) is 10.1 Å². The molecule has 0 amide bonds. The van der Waals surface area contributed by atoms with E-state index in [9.17, 15) is 19.8 Å². The summed E-state index contributed by atoms with van der Waals surface area (Å²) >= 11 is 0. The molecule has 168 valence electrons. The molecule has 9 heteroatoms. The summed E-state index contributed by atoms with van der Waals surface area (Å²) in [4.78, 5) is 26.4. The number of hydrogen-bond donors (Lipinski definition) is 3. The number of aromatic nitrogens is 1. The number of hydrogen-bond acceptors (Lipinski definition) is 5. The highest BCUT2D eigenvalue weighted by atomic mass is 35.5. The van der Waals surface area contributed by atoms with E-state index in [1.54, 1.807) is 22.8 Å². The predicted molar refractivity (Wildman–Crippen MR) is 122 cm³/mol. The van der Waals surface area contributed by atoms with Crippen molar-refractivity contribution < 1.29 is 19.4 Å². The molecule has 1 aromatic heterocycles. The molecule has 5 rings (SSSR count). The molecule has 0 bridgehead atoms. The Morgan fingerprint density at radius 3 is 2.59 bits per heavy atom. The summed E-state index contributed by atoms with van der Waals surface area (Å²) in [6, 6.07) is 9.26. The number of anilines is 1. The Bertz CT molecular complexity index is 1230. The first-order valence-electron chi connectivity index (χ1n) is 10.3. The number of carboxylic acid groups (broad SMARTS) is 1. The molecule has 3 N–H and O–H groups in total. The number of nitrogens with one attached hydrogen (secondary N) is 1. The van der Waals surface area contributed by atoms with Crippen LogP contribution in [0.25, 0.3) is 16.6 Å². The number of halogens is 2. The SMILES string of the molecule is Cl.O=C(O)c1cn(-c2ccc(O)cc2)c2cc(N3CC4CCCNC4C3)c(F)cc2c1=O. The number of nitrogens with zero attached hydrogens (tertiary/aromatic N) is 2. The molecule has 2 aliphatic rings. The Balaban J connectivity index is 0.00000245. The Morgan fingerprint density at radius 2 is 1.91 bits per heavy atom. The van der Waals surface area contributed by atoms with E-state index >= 15 is 4.39 Å². The first-order valence-corrected chi connectivity index (χ1v) is 10.3. The van der Waals surface area contributed by atoms with E-state index in [-0.39, 0.29) is 23.5 Å².